The quantitative estimate of drug-likeness (QED) is 0.398. The van der Waals surface area contributed by atoms with E-state index >= 15 is 0 Å². The smallest absolute Gasteiger partial charge is 0.167 e. The van der Waals surface area contributed by atoms with Crippen LogP contribution in [-0.4, -0.2) is 7.11 Å². The first-order valence-electron chi connectivity index (χ1n) is 8.60. The van der Waals surface area contributed by atoms with Crippen molar-refractivity contribution >= 4 is 37.5 Å². The third-order valence-electron chi connectivity index (χ3n) is 4.20. The second-order valence-corrected chi connectivity index (χ2v) is 7.96. The summed E-state index contributed by atoms with van der Waals surface area (Å²) in [6, 6.07) is 20.3. The fourth-order valence-electron chi connectivity index (χ4n) is 2.66. The molecule has 0 bridgehead atoms. The van der Waals surface area contributed by atoms with Gasteiger partial charge in [0.2, 0.25) is 0 Å². The highest BCUT2D eigenvalue weighted by Crippen LogP contribution is 2.37. The van der Waals surface area contributed by atoms with Crippen molar-refractivity contribution in [3.8, 4) is 11.5 Å². The van der Waals surface area contributed by atoms with Gasteiger partial charge in [0.25, 0.3) is 0 Å². The number of halogens is 2. The van der Waals surface area contributed by atoms with Crippen LogP contribution in [0.1, 0.15) is 16.7 Å². The molecule has 0 unspecified atom stereocenters. The number of benzene rings is 3. The molecule has 0 spiro atoms. The Balaban J connectivity index is 1.81. The maximum atomic E-state index is 6.17. The molecule has 0 saturated carbocycles. The fraction of sp³-hybridized carbons (Fsp3) is 0.182. The molecule has 0 aliphatic rings. The van der Waals surface area contributed by atoms with Crippen molar-refractivity contribution in [1.82, 2.24) is 0 Å². The van der Waals surface area contributed by atoms with E-state index in [9.17, 15) is 0 Å². The Hall–Kier alpha value is -1.98. The first-order chi connectivity index (χ1) is 13.1. The Morgan fingerprint density at radius 1 is 0.889 bits per heavy atom. The molecule has 0 aliphatic heterocycles. The Labute approximate surface area is 177 Å². The zero-order valence-corrected chi connectivity index (χ0v) is 18.4. The summed E-state index contributed by atoms with van der Waals surface area (Å²) < 4.78 is 13.7. The molecule has 3 aromatic carbocycles. The standard InChI is InChI=1S/C22H21Br2NO2/c1-15-3-5-16(6-4-15)14-27-22-19(20(24)11-12-21(22)26-2)13-25-18-9-7-17(23)8-10-18/h3-12,25H,13-14H2,1-2H3. The van der Waals surface area contributed by atoms with Gasteiger partial charge in [-0.25, -0.2) is 0 Å². The summed E-state index contributed by atoms with van der Waals surface area (Å²) >= 11 is 7.11. The van der Waals surface area contributed by atoms with Crippen molar-refractivity contribution in [2.75, 3.05) is 12.4 Å². The summed E-state index contributed by atoms with van der Waals surface area (Å²) in [5, 5.41) is 3.44. The van der Waals surface area contributed by atoms with Crippen LogP contribution in [0.5, 0.6) is 11.5 Å². The Morgan fingerprint density at radius 3 is 2.26 bits per heavy atom. The summed E-state index contributed by atoms with van der Waals surface area (Å²) in [5.41, 5.74) is 4.41. The van der Waals surface area contributed by atoms with E-state index in [1.807, 2.05) is 36.4 Å². The molecule has 0 fully saturated rings. The molecule has 140 valence electrons. The van der Waals surface area contributed by atoms with Crippen molar-refractivity contribution < 1.29 is 9.47 Å². The number of methoxy groups -OCH3 is 1. The molecule has 27 heavy (non-hydrogen) atoms. The van der Waals surface area contributed by atoms with Crippen LogP contribution in [0, 0.1) is 6.92 Å². The average Bonchev–Trinajstić information content (AvgIpc) is 2.68. The van der Waals surface area contributed by atoms with Crippen LogP contribution in [0.3, 0.4) is 0 Å². The molecule has 3 aromatic rings. The largest absolute Gasteiger partial charge is 0.493 e. The second kappa shape index (κ2) is 9.29. The van der Waals surface area contributed by atoms with Crippen LogP contribution in [0.2, 0.25) is 0 Å². The van der Waals surface area contributed by atoms with Gasteiger partial charge in [-0.1, -0.05) is 61.7 Å². The molecule has 3 rings (SSSR count). The van der Waals surface area contributed by atoms with E-state index in [1.54, 1.807) is 7.11 Å². The number of ether oxygens (including phenoxy) is 2. The molecule has 0 atom stereocenters. The van der Waals surface area contributed by atoms with E-state index in [2.05, 4.69) is 68.4 Å². The van der Waals surface area contributed by atoms with Crippen molar-refractivity contribution in [1.29, 1.82) is 0 Å². The van der Waals surface area contributed by atoms with Crippen LogP contribution < -0.4 is 14.8 Å². The first kappa shape index (κ1) is 19.8. The van der Waals surface area contributed by atoms with E-state index < -0.39 is 0 Å². The van der Waals surface area contributed by atoms with Gasteiger partial charge in [0.1, 0.15) is 6.61 Å². The van der Waals surface area contributed by atoms with Gasteiger partial charge in [0.15, 0.2) is 11.5 Å². The number of hydrogen-bond acceptors (Lipinski definition) is 3. The first-order valence-corrected chi connectivity index (χ1v) is 10.2. The minimum atomic E-state index is 0.485. The molecule has 5 heteroatoms. The third-order valence-corrected chi connectivity index (χ3v) is 5.48. The molecule has 0 aromatic heterocycles. The predicted octanol–water partition coefficient (Wildman–Crippen LogP) is 6.72. The number of nitrogens with one attached hydrogen (secondary N) is 1. The highest BCUT2D eigenvalue weighted by Gasteiger charge is 2.15. The lowest BCUT2D eigenvalue weighted by Crippen LogP contribution is -2.06. The number of aryl methyl sites for hydroxylation is 1. The van der Waals surface area contributed by atoms with Gasteiger partial charge in [0.05, 0.1) is 7.11 Å². The van der Waals surface area contributed by atoms with E-state index in [0.717, 1.165) is 37.3 Å². The second-order valence-electron chi connectivity index (χ2n) is 6.19. The monoisotopic (exact) mass is 489 g/mol. The van der Waals surface area contributed by atoms with E-state index in [0.29, 0.717) is 13.2 Å². The lowest BCUT2D eigenvalue weighted by Gasteiger charge is -2.18. The predicted molar refractivity (Wildman–Crippen MR) is 118 cm³/mol. The van der Waals surface area contributed by atoms with Crippen LogP contribution in [0.15, 0.2) is 69.6 Å². The van der Waals surface area contributed by atoms with Crippen molar-refractivity contribution in [3.05, 3.63) is 86.3 Å². The minimum absolute atomic E-state index is 0.485. The van der Waals surface area contributed by atoms with Gasteiger partial charge in [-0.15, -0.1) is 0 Å². The summed E-state index contributed by atoms with van der Waals surface area (Å²) in [4.78, 5) is 0. The van der Waals surface area contributed by atoms with Crippen molar-refractivity contribution in [2.45, 2.75) is 20.1 Å². The van der Waals surface area contributed by atoms with Gasteiger partial charge in [-0.3, -0.25) is 0 Å². The maximum Gasteiger partial charge on any atom is 0.167 e. The lowest BCUT2D eigenvalue weighted by molar-refractivity contribution is 0.281. The highest BCUT2D eigenvalue weighted by atomic mass is 79.9. The van der Waals surface area contributed by atoms with Gasteiger partial charge in [-0.05, 0) is 48.9 Å². The van der Waals surface area contributed by atoms with Crippen molar-refractivity contribution in [2.24, 2.45) is 0 Å². The molecule has 0 saturated heterocycles. The Kier molecular flexibility index (Phi) is 6.80. The molecular weight excluding hydrogens is 470 g/mol. The van der Waals surface area contributed by atoms with Gasteiger partial charge >= 0.3 is 0 Å². The van der Waals surface area contributed by atoms with Gasteiger partial charge in [0, 0.05) is 26.7 Å². The third kappa shape index (κ3) is 5.27. The van der Waals surface area contributed by atoms with E-state index in [1.165, 1.54) is 5.56 Å². The average molecular weight is 491 g/mol. The topological polar surface area (TPSA) is 30.5 Å². The number of hydrogen-bond donors (Lipinski definition) is 1. The molecule has 0 amide bonds. The van der Waals surface area contributed by atoms with Gasteiger partial charge < -0.3 is 14.8 Å². The van der Waals surface area contributed by atoms with Crippen LogP contribution in [0.4, 0.5) is 5.69 Å². The molecular formula is C22H21Br2NO2. The Bertz CT molecular complexity index is 893. The molecule has 3 nitrogen and oxygen atoms in total. The van der Waals surface area contributed by atoms with Crippen molar-refractivity contribution in [3.63, 3.8) is 0 Å². The van der Waals surface area contributed by atoms with E-state index in [-0.39, 0.29) is 0 Å². The van der Waals surface area contributed by atoms with Crippen LogP contribution in [0.25, 0.3) is 0 Å². The Morgan fingerprint density at radius 2 is 1.59 bits per heavy atom. The minimum Gasteiger partial charge on any atom is -0.493 e. The zero-order chi connectivity index (χ0) is 19.2. The van der Waals surface area contributed by atoms with Crippen LogP contribution in [-0.2, 0) is 13.2 Å². The molecule has 0 aliphatic carbocycles. The number of rotatable bonds is 7. The highest BCUT2D eigenvalue weighted by molar-refractivity contribution is 9.10. The number of anilines is 1. The summed E-state index contributed by atoms with van der Waals surface area (Å²) in [6.45, 7) is 3.18. The zero-order valence-electron chi connectivity index (χ0n) is 15.3. The molecule has 0 radical (unpaired) electrons. The van der Waals surface area contributed by atoms with E-state index in [4.69, 9.17) is 9.47 Å². The summed E-state index contributed by atoms with van der Waals surface area (Å²) in [5.74, 6) is 1.47. The summed E-state index contributed by atoms with van der Waals surface area (Å²) in [7, 11) is 1.66. The lowest BCUT2D eigenvalue weighted by atomic mass is 10.1. The normalized spacial score (nSPS) is 10.5. The summed E-state index contributed by atoms with van der Waals surface area (Å²) in [6.07, 6.45) is 0. The SMILES string of the molecule is COc1ccc(Br)c(CNc2ccc(Br)cc2)c1OCc1ccc(C)cc1. The van der Waals surface area contributed by atoms with Crippen LogP contribution >= 0.6 is 31.9 Å². The molecule has 1 N–H and O–H groups in total. The molecule has 0 heterocycles. The van der Waals surface area contributed by atoms with Gasteiger partial charge in [-0.2, -0.15) is 0 Å². The maximum absolute atomic E-state index is 6.17. The fourth-order valence-corrected chi connectivity index (χ4v) is 3.38.